The molecule has 0 N–H and O–H groups in total. The average molecular weight is 320 g/mol. The molecular formula is C6H5Cl4Ru. The monoisotopic (exact) mass is 319 g/mol. The van der Waals surface area contributed by atoms with Crippen molar-refractivity contribution < 1.29 is 19.5 Å². The molecule has 1 aromatic rings. The topological polar surface area (TPSA) is 0 Å². The third kappa shape index (κ3) is 6.19. The van der Waals surface area contributed by atoms with Crippen LogP contribution in [0, 0.1) is 6.07 Å². The molecule has 0 saturated heterocycles. The van der Waals surface area contributed by atoms with Gasteiger partial charge in [0.25, 0.3) is 0 Å². The van der Waals surface area contributed by atoms with Gasteiger partial charge in [-0.3, -0.25) is 0 Å². The van der Waals surface area contributed by atoms with Gasteiger partial charge in [-0.25, -0.2) is 0 Å². The minimum absolute atomic E-state index is 0. The van der Waals surface area contributed by atoms with Crippen LogP contribution < -0.4 is 0 Å². The largest absolute Gasteiger partial charge is 1.00 e. The van der Waals surface area contributed by atoms with Gasteiger partial charge in [0, 0.05) is 0 Å². The normalized spacial score (nSPS) is 6.73. The van der Waals surface area contributed by atoms with Crippen LogP contribution in [0.3, 0.4) is 0 Å². The van der Waals surface area contributed by atoms with Gasteiger partial charge in [-0.1, -0.05) is 10.0 Å². The van der Waals surface area contributed by atoms with E-state index in [2.05, 4.69) is 6.07 Å². The molecule has 0 unspecified atom stereocenters. The number of rotatable bonds is 0. The zero-order chi connectivity index (χ0) is 5.98. The Labute approximate surface area is 101 Å². The molecule has 0 nitrogen and oxygen atoms in total. The van der Waals surface area contributed by atoms with Crippen LogP contribution >= 0.6 is 48.0 Å². The molecule has 1 rings (SSSR count). The Kier molecular flexibility index (Phi) is 14.8. The quantitative estimate of drug-likeness (QED) is 0.506. The van der Waals surface area contributed by atoms with Crippen molar-refractivity contribution in [3.8, 4) is 0 Å². The van der Waals surface area contributed by atoms with Crippen molar-refractivity contribution in [2.75, 3.05) is 0 Å². The van der Waals surface area contributed by atoms with Crippen LogP contribution in [0.2, 0.25) is 10.0 Å². The van der Waals surface area contributed by atoms with Gasteiger partial charge in [-0.2, -0.15) is 35.9 Å². The number of halogens is 4. The molecule has 0 atom stereocenters. The Morgan fingerprint density at radius 1 is 1.18 bits per heavy atom. The third-order valence-corrected chi connectivity index (χ3v) is 1.48. The SMILES string of the molecule is Cl.Cl.Clc1[c-]cccc1Cl.[Ru+]. The van der Waals surface area contributed by atoms with Gasteiger partial charge in [0.15, 0.2) is 0 Å². The van der Waals surface area contributed by atoms with Crippen molar-refractivity contribution in [3.63, 3.8) is 0 Å². The maximum Gasteiger partial charge on any atom is 1.00 e. The van der Waals surface area contributed by atoms with E-state index >= 15 is 0 Å². The van der Waals surface area contributed by atoms with Gasteiger partial charge in [-0.15, -0.1) is 36.4 Å². The molecule has 1 radical (unpaired) electrons. The molecule has 11 heavy (non-hydrogen) atoms. The maximum atomic E-state index is 5.55. The zero-order valence-electron chi connectivity index (χ0n) is 5.16. The zero-order valence-corrected chi connectivity index (χ0v) is 10.0. The fraction of sp³-hybridized carbons (Fsp3) is 0. The van der Waals surface area contributed by atoms with Crippen molar-refractivity contribution >= 4 is 48.0 Å². The predicted octanol–water partition coefficient (Wildman–Crippen LogP) is 3.63. The first kappa shape index (κ1) is 17.9. The molecule has 0 saturated carbocycles. The summed E-state index contributed by atoms with van der Waals surface area (Å²) in [4.78, 5) is 0. The van der Waals surface area contributed by atoms with Crippen LogP contribution in [0.4, 0.5) is 0 Å². The Morgan fingerprint density at radius 3 is 2.00 bits per heavy atom. The molecule has 1 aromatic carbocycles. The summed E-state index contributed by atoms with van der Waals surface area (Å²) in [7, 11) is 0. The summed E-state index contributed by atoms with van der Waals surface area (Å²) >= 11 is 11.1. The van der Waals surface area contributed by atoms with E-state index < -0.39 is 0 Å². The van der Waals surface area contributed by atoms with E-state index in [1.54, 1.807) is 18.2 Å². The van der Waals surface area contributed by atoms with Gasteiger partial charge >= 0.3 is 19.5 Å². The molecule has 0 fully saturated rings. The maximum absolute atomic E-state index is 5.55. The van der Waals surface area contributed by atoms with E-state index in [-0.39, 0.29) is 44.3 Å². The van der Waals surface area contributed by atoms with Crippen LogP contribution in [0.1, 0.15) is 0 Å². The minimum atomic E-state index is 0. The van der Waals surface area contributed by atoms with Crippen LogP contribution in [0.25, 0.3) is 0 Å². The minimum Gasteiger partial charge on any atom is -0.175 e. The Hall–Kier alpha value is 1.00. The summed E-state index contributed by atoms with van der Waals surface area (Å²) < 4.78 is 0. The fourth-order valence-corrected chi connectivity index (χ4v) is 0.649. The van der Waals surface area contributed by atoms with Gasteiger partial charge in [0.1, 0.15) is 0 Å². The second-order valence-corrected chi connectivity index (χ2v) is 2.12. The van der Waals surface area contributed by atoms with Gasteiger partial charge in [0.05, 0.1) is 0 Å². The number of hydrogen-bond acceptors (Lipinski definition) is 0. The van der Waals surface area contributed by atoms with E-state index in [1.165, 1.54) is 0 Å². The molecule has 5 heteroatoms. The molecule has 0 aliphatic heterocycles. The van der Waals surface area contributed by atoms with Crippen LogP contribution in [-0.4, -0.2) is 0 Å². The van der Waals surface area contributed by atoms with Crippen molar-refractivity contribution in [2.45, 2.75) is 0 Å². The van der Waals surface area contributed by atoms with E-state index in [9.17, 15) is 0 Å². The Bertz CT molecular complexity index is 171. The molecule has 0 aromatic heterocycles. The molecule has 0 amide bonds. The Morgan fingerprint density at radius 2 is 1.73 bits per heavy atom. The summed E-state index contributed by atoms with van der Waals surface area (Å²) in [5.41, 5.74) is 0. The van der Waals surface area contributed by atoms with E-state index in [0.717, 1.165) is 0 Å². The molecular weight excluding hydrogens is 315 g/mol. The summed E-state index contributed by atoms with van der Waals surface area (Å²) in [5, 5.41) is 1.03. The van der Waals surface area contributed by atoms with Crippen LogP contribution in [0.15, 0.2) is 18.2 Å². The number of hydrogen-bond donors (Lipinski definition) is 0. The molecule has 65 valence electrons. The third-order valence-electron chi connectivity index (χ3n) is 0.759. The van der Waals surface area contributed by atoms with Crippen molar-refractivity contribution in [3.05, 3.63) is 34.3 Å². The molecule has 0 bridgehead atoms. The van der Waals surface area contributed by atoms with E-state index in [0.29, 0.717) is 10.0 Å². The summed E-state index contributed by atoms with van der Waals surface area (Å²) in [6.07, 6.45) is 0. The summed E-state index contributed by atoms with van der Waals surface area (Å²) in [5.74, 6) is 0. The van der Waals surface area contributed by atoms with Crippen molar-refractivity contribution in [1.82, 2.24) is 0 Å². The van der Waals surface area contributed by atoms with Crippen molar-refractivity contribution in [2.24, 2.45) is 0 Å². The number of benzene rings is 1. The van der Waals surface area contributed by atoms with Gasteiger partial charge in [-0.05, 0) is 0 Å². The molecule has 0 spiro atoms. The second kappa shape index (κ2) is 9.09. The second-order valence-electron chi connectivity index (χ2n) is 1.33. The van der Waals surface area contributed by atoms with E-state index in [4.69, 9.17) is 23.2 Å². The van der Waals surface area contributed by atoms with E-state index in [1.807, 2.05) is 0 Å². The Balaban J connectivity index is -0.000000213. The first-order chi connectivity index (χ1) is 3.80. The van der Waals surface area contributed by atoms with Crippen LogP contribution in [0.5, 0.6) is 0 Å². The first-order valence-corrected chi connectivity index (χ1v) is 2.88. The summed E-state index contributed by atoms with van der Waals surface area (Å²) in [6, 6.07) is 7.96. The first-order valence-electron chi connectivity index (χ1n) is 2.12. The fourth-order valence-electron chi connectivity index (χ4n) is 0.396. The predicted molar refractivity (Wildman–Crippen MR) is 49.8 cm³/mol. The standard InChI is InChI=1S/C6H3Cl2.2ClH.Ru/c7-5-3-1-2-4-6(5)8;;;/h1-3H;2*1H;/q-1;;;+1. The molecule has 0 aliphatic carbocycles. The van der Waals surface area contributed by atoms with Crippen LogP contribution in [-0.2, 0) is 19.5 Å². The smallest absolute Gasteiger partial charge is 0.175 e. The molecule has 0 heterocycles. The van der Waals surface area contributed by atoms with Gasteiger partial charge in [0.2, 0.25) is 0 Å². The summed E-state index contributed by atoms with van der Waals surface area (Å²) in [6.45, 7) is 0. The van der Waals surface area contributed by atoms with Gasteiger partial charge < -0.3 is 0 Å². The van der Waals surface area contributed by atoms with Crippen molar-refractivity contribution in [1.29, 1.82) is 0 Å². The molecule has 0 aliphatic rings. The average Bonchev–Trinajstić information content (AvgIpc) is 1.77.